The Morgan fingerprint density at radius 2 is 2.04 bits per heavy atom. The van der Waals surface area contributed by atoms with Crippen LogP contribution in [0.15, 0.2) is 40.2 Å². The van der Waals surface area contributed by atoms with Crippen molar-refractivity contribution in [3.63, 3.8) is 0 Å². The van der Waals surface area contributed by atoms with Gasteiger partial charge in [0.05, 0.1) is 6.33 Å². The van der Waals surface area contributed by atoms with Crippen LogP contribution in [0.2, 0.25) is 5.02 Å². The van der Waals surface area contributed by atoms with Crippen molar-refractivity contribution in [3.8, 4) is 0 Å². The van der Waals surface area contributed by atoms with Crippen LogP contribution in [0.25, 0.3) is 11.2 Å². The Morgan fingerprint density at radius 1 is 1.27 bits per heavy atom. The summed E-state index contributed by atoms with van der Waals surface area (Å²) in [4.78, 5) is 41.1. The number of halogens is 1. The smallest absolute Gasteiger partial charge is 0.332 e. The number of amides is 1. The van der Waals surface area contributed by atoms with Gasteiger partial charge in [-0.05, 0) is 24.1 Å². The van der Waals surface area contributed by atoms with Gasteiger partial charge >= 0.3 is 5.69 Å². The fourth-order valence-electron chi connectivity index (χ4n) is 2.77. The van der Waals surface area contributed by atoms with E-state index in [0.717, 1.165) is 10.1 Å². The molecular weight excluding hydrogens is 358 g/mol. The van der Waals surface area contributed by atoms with Crippen LogP contribution < -0.4 is 16.6 Å². The third-order valence-electron chi connectivity index (χ3n) is 4.13. The molecule has 3 rings (SSSR count). The maximum absolute atomic E-state index is 12.5. The standard InChI is InChI=1S/C17H18ClN5O3/c1-21-10-20-15-14(21)16(25)23(17(26)22(15)2)9-13(24)19-7-6-11-4-3-5-12(18)8-11/h3-5,8,10H,6-7,9H2,1-2H3,(H,19,24). The zero-order valence-corrected chi connectivity index (χ0v) is 15.2. The molecular formula is C17H18ClN5O3. The molecule has 1 aromatic carbocycles. The van der Waals surface area contributed by atoms with Gasteiger partial charge in [-0.25, -0.2) is 14.3 Å². The molecule has 0 aliphatic heterocycles. The molecule has 1 amide bonds. The zero-order chi connectivity index (χ0) is 18.8. The lowest BCUT2D eigenvalue weighted by Crippen LogP contribution is -2.43. The number of aryl methyl sites for hydroxylation is 2. The summed E-state index contributed by atoms with van der Waals surface area (Å²) >= 11 is 5.92. The molecule has 0 aliphatic rings. The van der Waals surface area contributed by atoms with Gasteiger partial charge in [0.25, 0.3) is 5.56 Å². The van der Waals surface area contributed by atoms with Gasteiger partial charge in [-0.2, -0.15) is 0 Å². The quantitative estimate of drug-likeness (QED) is 0.700. The predicted molar refractivity (Wildman–Crippen MR) is 98.4 cm³/mol. The third-order valence-corrected chi connectivity index (χ3v) is 4.36. The van der Waals surface area contributed by atoms with E-state index in [1.807, 2.05) is 18.2 Å². The molecule has 2 heterocycles. The Morgan fingerprint density at radius 3 is 2.77 bits per heavy atom. The fourth-order valence-corrected chi connectivity index (χ4v) is 2.99. The average molecular weight is 376 g/mol. The van der Waals surface area contributed by atoms with E-state index in [1.54, 1.807) is 13.1 Å². The highest BCUT2D eigenvalue weighted by atomic mass is 35.5. The van der Waals surface area contributed by atoms with Crippen LogP contribution in [-0.2, 0) is 31.9 Å². The van der Waals surface area contributed by atoms with Crippen LogP contribution in [-0.4, -0.2) is 31.1 Å². The number of hydrogen-bond donors (Lipinski definition) is 1. The Kier molecular flexibility index (Phi) is 4.94. The lowest BCUT2D eigenvalue weighted by molar-refractivity contribution is -0.121. The number of nitrogens with zero attached hydrogens (tertiary/aromatic N) is 4. The van der Waals surface area contributed by atoms with Gasteiger partial charge in [0.15, 0.2) is 11.2 Å². The summed E-state index contributed by atoms with van der Waals surface area (Å²) in [6.45, 7) is 0.0321. The van der Waals surface area contributed by atoms with Crippen LogP contribution >= 0.6 is 11.6 Å². The van der Waals surface area contributed by atoms with E-state index in [4.69, 9.17) is 11.6 Å². The van der Waals surface area contributed by atoms with Crippen molar-refractivity contribution in [2.24, 2.45) is 14.1 Å². The monoisotopic (exact) mass is 375 g/mol. The van der Waals surface area contributed by atoms with Crippen molar-refractivity contribution in [2.75, 3.05) is 6.54 Å². The molecule has 3 aromatic rings. The Balaban J connectivity index is 1.74. The lowest BCUT2D eigenvalue weighted by atomic mass is 10.1. The van der Waals surface area contributed by atoms with Crippen LogP contribution in [0.3, 0.4) is 0 Å². The molecule has 0 spiro atoms. The topological polar surface area (TPSA) is 90.9 Å². The first-order chi connectivity index (χ1) is 12.4. The minimum Gasteiger partial charge on any atom is -0.354 e. The van der Waals surface area contributed by atoms with E-state index in [1.165, 1.54) is 22.5 Å². The number of carbonyl (C=O) groups excluding carboxylic acids is 1. The molecule has 136 valence electrons. The first-order valence-electron chi connectivity index (χ1n) is 8.00. The van der Waals surface area contributed by atoms with Crippen LogP contribution in [0, 0.1) is 0 Å². The minimum atomic E-state index is -0.578. The van der Waals surface area contributed by atoms with E-state index in [0.29, 0.717) is 23.6 Å². The number of hydrogen-bond acceptors (Lipinski definition) is 4. The summed E-state index contributed by atoms with van der Waals surface area (Å²) in [5.41, 5.74) is 0.445. The number of imidazole rings is 1. The molecule has 2 aromatic heterocycles. The van der Waals surface area contributed by atoms with Crippen molar-refractivity contribution in [3.05, 3.63) is 62.0 Å². The normalized spacial score (nSPS) is 11.0. The van der Waals surface area contributed by atoms with Gasteiger partial charge in [-0.3, -0.25) is 14.2 Å². The predicted octanol–water partition coefficient (Wildman–Crippen LogP) is 0.446. The number of benzene rings is 1. The highest BCUT2D eigenvalue weighted by Crippen LogP contribution is 2.10. The number of fused-ring (bicyclic) bond motifs is 1. The van der Waals surface area contributed by atoms with E-state index in [9.17, 15) is 14.4 Å². The second-order valence-corrected chi connectivity index (χ2v) is 6.43. The Bertz CT molecular complexity index is 1100. The molecule has 8 nitrogen and oxygen atoms in total. The van der Waals surface area contributed by atoms with Gasteiger partial charge in [0.1, 0.15) is 6.54 Å². The number of nitrogens with one attached hydrogen (secondary N) is 1. The van der Waals surface area contributed by atoms with Crippen molar-refractivity contribution in [1.29, 1.82) is 0 Å². The molecule has 0 aliphatic carbocycles. The first kappa shape index (κ1) is 17.9. The summed E-state index contributed by atoms with van der Waals surface area (Å²) < 4.78 is 3.71. The van der Waals surface area contributed by atoms with Gasteiger partial charge < -0.3 is 9.88 Å². The summed E-state index contributed by atoms with van der Waals surface area (Å²) in [6, 6.07) is 7.35. The molecule has 0 fully saturated rings. The Hall–Kier alpha value is -2.87. The molecule has 26 heavy (non-hydrogen) atoms. The molecule has 0 atom stereocenters. The SMILES string of the molecule is Cn1cnc2c1c(=O)n(CC(=O)NCCc1cccc(Cl)c1)c(=O)n2C. The van der Waals surface area contributed by atoms with E-state index >= 15 is 0 Å². The Labute approximate surface area is 153 Å². The zero-order valence-electron chi connectivity index (χ0n) is 14.4. The van der Waals surface area contributed by atoms with Crippen molar-refractivity contribution in [1.82, 2.24) is 24.0 Å². The van der Waals surface area contributed by atoms with E-state index in [2.05, 4.69) is 10.3 Å². The molecule has 0 saturated heterocycles. The summed E-state index contributed by atoms with van der Waals surface area (Å²) in [6.07, 6.45) is 2.06. The molecule has 0 bridgehead atoms. The molecule has 0 unspecified atom stereocenters. The molecule has 1 N–H and O–H groups in total. The summed E-state index contributed by atoms with van der Waals surface area (Å²) in [5.74, 6) is -0.409. The third kappa shape index (κ3) is 3.41. The highest BCUT2D eigenvalue weighted by Gasteiger charge is 2.16. The minimum absolute atomic E-state index is 0.277. The average Bonchev–Trinajstić information content (AvgIpc) is 2.99. The van der Waals surface area contributed by atoms with Gasteiger partial charge in [-0.1, -0.05) is 23.7 Å². The largest absolute Gasteiger partial charge is 0.354 e. The van der Waals surface area contributed by atoms with Gasteiger partial charge in [-0.15, -0.1) is 0 Å². The van der Waals surface area contributed by atoms with Gasteiger partial charge in [0.2, 0.25) is 5.91 Å². The molecule has 9 heteroatoms. The molecule has 0 saturated carbocycles. The van der Waals surface area contributed by atoms with Crippen LogP contribution in [0.4, 0.5) is 0 Å². The maximum Gasteiger partial charge on any atom is 0.332 e. The second-order valence-electron chi connectivity index (χ2n) is 5.99. The first-order valence-corrected chi connectivity index (χ1v) is 8.38. The van der Waals surface area contributed by atoms with Crippen molar-refractivity contribution < 1.29 is 4.79 Å². The van der Waals surface area contributed by atoms with Crippen molar-refractivity contribution in [2.45, 2.75) is 13.0 Å². The van der Waals surface area contributed by atoms with E-state index < -0.39 is 17.2 Å². The number of carbonyl (C=O) groups is 1. The van der Waals surface area contributed by atoms with Crippen LogP contribution in [0.1, 0.15) is 5.56 Å². The summed E-state index contributed by atoms with van der Waals surface area (Å²) in [5, 5.41) is 3.35. The molecule has 0 radical (unpaired) electrons. The summed E-state index contributed by atoms with van der Waals surface area (Å²) in [7, 11) is 3.18. The second kappa shape index (κ2) is 7.17. The van der Waals surface area contributed by atoms with E-state index in [-0.39, 0.29) is 12.1 Å². The highest BCUT2D eigenvalue weighted by molar-refractivity contribution is 6.30. The number of rotatable bonds is 5. The van der Waals surface area contributed by atoms with Crippen molar-refractivity contribution >= 4 is 28.7 Å². The maximum atomic E-state index is 12.5. The lowest BCUT2D eigenvalue weighted by Gasteiger charge is -2.09. The van der Waals surface area contributed by atoms with Gasteiger partial charge in [0, 0.05) is 25.7 Å². The van der Waals surface area contributed by atoms with Crippen LogP contribution in [0.5, 0.6) is 0 Å². The fraction of sp³-hybridized carbons (Fsp3) is 0.294. The number of aromatic nitrogens is 4.